The third-order valence-electron chi connectivity index (χ3n) is 4.08. The fourth-order valence-electron chi connectivity index (χ4n) is 3.09. The molecule has 0 aliphatic carbocycles. The van der Waals surface area contributed by atoms with Crippen molar-refractivity contribution in [2.45, 2.75) is 40.5 Å². The van der Waals surface area contributed by atoms with Gasteiger partial charge in [0.1, 0.15) is 0 Å². The lowest BCUT2D eigenvalue weighted by Crippen LogP contribution is -2.46. The van der Waals surface area contributed by atoms with E-state index < -0.39 is 0 Å². The van der Waals surface area contributed by atoms with Crippen molar-refractivity contribution >= 4 is 18.3 Å². The van der Waals surface area contributed by atoms with Gasteiger partial charge in [-0.3, -0.25) is 9.69 Å². The van der Waals surface area contributed by atoms with Crippen LogP contribution in [0.1, 0.15) is 40.5 Å². The van der Waals surface area contributed by atoms with Crippen LogP contribution in [0.25, 0.3) is 0 Å². The predicted octanol–water partition coefficient (Wildman–Crippen LogP) is 2.48. The first-order valence-corrected chi connectivity index (χ1v) is 8.57. The van der Waals surface area contributed by atoms with Crippen LogP contribution in [0.3, 0.4) is 0 Å². The minimum absolute atomic E-state index is 0. The predicted molar refractivity (Wildman–Crippen MR) is 96.6 cm³/mol. The molecule has 0 aromatic rings. The molecule has 0 spiro atoms. The van der Waals surface area contributed by atoms with Crippen LogP contribution in [0.2, 0.25) is 0 Å². The Labute approximate surface area is 143 Å². The summed E-state index contributed by atoms with van der Waals surface area (Å²) in [5, 5.41) is 3.26. The fraction of sp³-hybridized carbons (Fsp3) is 0.941. The highest BCUT2D eigenvalue weighted by atomic mass is 35.5. The molecule has 22 heavy (non-hydrogen) atoms. The van der Waals surface area contributed by atoms with Crippen molar-refractivity contribution in [1.82, 2.24) is 15.1 Å². The van der Waals surface area contributed by atoms with Gasteiger partial charge in [-0.25, -0.2) is 0 Å². The van der Waals surface area contributed by atoms with Crippen LogP contribution in [0.5, 0.6) is 0 Å². The van der Waals surface area contributed by atoms with Crippen molar-refractivity contribution in [1.29, 1.82) is 0 Å². The number of nitrogens with zero attached hydrogens (tertiary/aromatic N) is 2. The highest BCUT2D eigenvalue weighted by molar-refractivity contribution is 5.85. The summed E-state index contributed by atoms with van der Waals surface area (Å²) in [4.78, 5) is 17.0. The van der Waals surface area contributed by atoms with Crippen molar-refractivity contribution in [3.63, 3.8) is 0 Å². The molecule has 5 heteroatoms. The zero-order chi connectivity index (χ0) is 15.8. The van der Waals surface area contributed by atoms with Crippen molar-refractivity contribution in [3.05, 3.63) is 0 Å². The number of nitrogens with one attached hydrogen (secondary N) is 1. The summed E-state index contributed by atoms with van der Waals surface area (Å²) in [5.74, 6) is 2.16. The molecule has 0 radical (unpaired) electrons. The van der Waals surface area contributed by atoms with Gasteiger partial charge in [0.05, 0.1) is 6.54 Å². The standard InChI is InChI=1S/C17H35N3O.ClH/c1-14(2)11-20(12-15(3)4)17(21)13-19-8-6-16(7-9-19)10-18-5;/h14-16,18H,6-13H2,1-5H3;1H. The molecule has 0 atom stereocenters. The Morgan fingerprint density at radius 3 is 2.05 bits per heavy atom. The number of carbonyl (C=O) groups is 1. The number of hydrogen-bond acceptors (Lipinski definition) is 3. The summed E-state index contributed by atoms with van der Waals surface area (Å²) in [7, 11) is 2.02. The maximum absolute atomic E-state index is 12.6. The van der Waals surface area contributed by atoms with Gasteiger partial charge in [0.15, 0.2) is 0 Å². The van der Waals surface area contributed by atoms with Gasteiger partial charge in [0, 0.05) is 13.1 Å². The largest absolute Gasteiger partial charge is 0.341 e. The van der Waals surface area contributed by atoms with Gasteiger partial charge in [-0.2, -0.15) is 0 Å². The lowest BCUT2D eigenvalue weighted by atomic mass is 9.97. The van der Waals surface area contributed by atoms with E-state index in [-0.39, 0.29) is 12.4 Å². The van der Waals surface area contributed by atoms with Crippen LogP contribution in [0, 0.1) is 17.8 Å². The molecule has 1 fully saturated rings. The Morgan fingerprint density at radius 1 is 1.14 bits per heavy atom. The Balaban J connectivity index is 0.00000441. The number of rotatable bonds is 8. The van der Waals surface area contributed by atoms with E-state index in [9.17, 15) is 4.79 Å². The maximum Gasteiger partial charge on any atom is 0.236 e. The first kappa shape index (κ1) is 21.7. The fourth-order valence-corrected chi connectivity index (χ4v) is 3.09. The normalized spacial score (nSPS) is 16.9. The molecule has 1 N–H and O–H groups in total. The number of carbonyl (C=O) groups excluding carboxylic acids is 1. The van der Waals surface area contributed by atoms with E-state index in [1.54, 1.807) is 0 Å². The molecular formula is C17H36ClN3O. The van der Waals surface area contributed by atoms with Gasteiger partial charge in [-0.05, 0) is 57.3 Å². The molecule has 0 bridgehead atoms. The van der Waals surface area contributed by atoms with E-state index in [4.69, 9.17) is 0 Å². The van der Waals surface area contributed by atoms with Gasteiger partial charge < -0.3 is 10.2 Å². The minimum Gasteiger partial charge on any atom is -0.341 e. The third-order valence-corrected chi connectivity index (χ3v) is 4.08. The van der Waals surface area contributed by atoms with Crippen LogP contribution >= 0.6 is 12.4 Å². The third kappa shape index (κ3) is 8.35. The van der Waals surface area contributed by atoms with Crippen molar-refractivity contribution in [2.75, 3.05) is 46.3 Å². The molecule has 1 aliphatic rings. The monoisotopic (exact) mass is 333 g/mol. The average molecular weight is 334 g/mol. The topological polar surface area (TPSA) is 35.6 Å². The summed E-state index contributed by atoms with van der Waals surface area (Å²) in [6.07, 6.45) is 2.42. The second kappa shape index (κ2) is 11.3. The highest BCUT2D eigenvalue weighted by Crippen LogP contribution is 2.16. The van der Waals surface area contributed by atoms with E-state index in [1.165, 1.54) is 12.8 Å². The van der Waals surface area contributed by atoms with Crippen molar-refractivity contribution < 1.29 is 4.79 Å². The van der Waals surface area contributed by atoms with Crippen LogP contribution in [0.15, 0.2) is 0 Å². The highest BCUT2D eigenvalue weighted by Gasteiger charge is 2.23. The summed E-state index contributed by atoms with van der Waals surface area (Å²) in [6, 6.07) is 0. The SMILES string of the molecule is CNCC1CCN(CC(=O)N(CC(C)C)CC(C)C)CC1.Cl. The molecule has 0 unspecified atom stereocenters. The quantitative estimate of drug-likeness (QED) is 0.741. The molecule has 0 saturated carbocycles. The van der Waals surface area contributed by atoms with Gasteiger partial charge >= 0.3 is 0 Å². The van der Waals surface area contributed by atoms with Gasteiger partial charge in [0.2, 0.25) is 5.91 Å². The van der Waals surface area contributed by atoms with Gasteiger partial charge in [-0.15, -0.1) is 12.4 Å². The number of amides is 1. The summed E-state index contributed by atoms with van der Waals surface area (Å²) < 4.78 is 0. The lowest BCUT2D eigenvalue weighted by molar-refractivity contribution is -0.133. The molecular weight excluding hydrogens is 298 g/mol. The first-order chi connectivity index (χ1) is 9.92. The molecule has 1 saturated heterocycles. The Hall–Kier alpha value is -0.320. The summed E-state index contributed by atoms with van der Waals surface area (Å²) in [5.41, 5.74) is 0. The molecule has 1 rings (SSSR count). The molecule has 0 aromatic carbocycles. The van der Waals surface area contributed by atoms with E-state index in [0.717, 1.165) is 38.6 Å². The second-order valence-electron chi connectivity index (χ2n) is 7.36. The second-order valence-corrected chi connectivity index (χ2v) is 7.36. The van der Waals surface area contributed by atoms with Gasteiger partial charge in [-0.1, -0.05) is 27.7 Å². The van der Waals surface area contributed by atoms with Crippen LogP contribution in [-0.4, -0.2) is 62.0 Å². The number of piperidine rings is 1. The van der Waals surface area contributed by atoms with Crippen molar-refractivity contribution in [3.8, 4) is 0 Å². The Bertz CT molecular complexity index is 292. The maximum atomic E-state index is 12.6. The minimum atomic E-state index is 0. The van der Waals surface area contributed by atoms with E-state index >= 15 is 0 Å². The smallest absolute Gasteiger partial charge is 0.236 e. The molecule has 0 aromatic heterocycles. The van der Waals surface area contributed by atoms with Crippen LogP contribution in [0.4, 0.5) is 0 Å². The molecule has 132 valence electrons. The van der Waals surface area contributed by atoms with Crippen LogP contribution in [-0.2, 0) is 4.79 Å². The first-order valence-electron chi connectivity index (χ1n) is 8.57. The lowest BCUT2D eigenvalue weighted by Gasteiger charge is -2.34. The van der Waals surface area contributed by atoms with E-state index in [2.05, 4.69) is 42.8 Å². The molecule has 4 nitrogen and oxygen atoms in total. The van der Waals surface area contributed by atoms with E-state index in [0.29, 0.717) is 24.3 Å². The zero-order valence-electron chi connectivity index (χ0n) is 15.1. The number of likely N-dealkylation sites (tertiary alicyclic amines) is 1. The Morgan fingerprint density at radius 2 is 1.64 bits per heavy atom. The van der Waals surface area contributed by atoms with Crippen LogP contribution < -0.4 is 5.32 Å². The van der Waals surface area contributed by atoms with E-state index in [1.807, 2.05) is 7.05 Å². The number of halogens is 1. The molecule has 1 heterocycles. The molecule has 1 aliphatic heterocycles. The Kier molecular flexibility index (Phi) is 11.1. The molecule has 1 amide bonds. The van der Waals surface area contributed by atoms with Gasteiger partial charge in [0.25, 0.3) is 0 Å². The van der Waals surface area contributed by atoms with Crippen molar-refractivity contribution in [2.24, 2.45) is 17.8 Å². The summed E-state index contributed by atoms with van der Waals surface area (Å²) in [6.45, 7) is 14.3. The summed E-state index contributed by atoms with van der Waals surface area (Å²) >= 11 is 0. The average Bonchev–Trinajstić information content (AvgIpc) is 2.39. The zero-order valence-corrected chi connectivity index (χ0v) is 15.9. The number of hydrogen-bond donors (Lipinski definition) is 1.